The van der Waals surface area contributed by atoms with Crippen LogP contribution in [0.1, 0.15) is 47.0 Å². The fourth-order valence-corrected chi connectivity index (χ4v) is 4.68. The van der Waals surface area contributed by atoms with E-state index < -0.39 is 46.1 Å². The van der Waals surface area contributed by atoms with Gasteiger partial charge in [-0.2, -0.15) is 0 Å². The highest BCUT2D eigenvalue weighted by Crippen LogP contribution is 2.32. The maximum atomic E-state index is 14.2. The molecule has 0 saturated heterocycles. The van der Waals surface area contributed by atoms with Gasteiger partial charge in [0.15, 0.2) is 0 Å². The molecule has 1 amide bonds. The molecule has 0 fully saturated rings. The highest BCUT2D eigenvalue weighted by Gasteiger charge is 2.29. The molecule has 0 radical (unpaired) electrons. The van der Waals surface area contributed by atoms with Gasteiger partial charge in [-0.15, -0.1) is 0 Å². The number of aromatic carboxylic acids is 3. The van der Waals surface area contributed by atoms with Crippen LogP contribution in [0.5, 0.6) is 11.5 Å². The molecule has 5 aromatic carbocycles. The number of benzene rings is 5. The zero-order valence-electron chi connectivity index (χ0n) is 21.9. The monoisotopic (exact) mass is 561 g/mol. The molecule has 0 saturated carbocycles. The molecular weight excluding hydrogens is 538 g/mol. The Morgan fingerprint density at radius 1 is 0.571 bits per heavy atom. The largest absolute Gasteiger partial charge is 0.478 e. The molecule has 0 aliphatic rings. The number of carboxylic acids is 3. The first kappa shape index (κ1) is 27.6. The van der Waals surface area contributed by atoms with E-state index in [0.29, 0.717) is 34.2 Å². The van der Waals surface area contributed by atoms with E-state index >= 15 is 0 Å². The molecule has 0 bridgehead atoms. The van der Waals surface area contributed by atoms with Crippen LogP contribution in [0.4, 0.5) is 5.69 Å². The van der Waals surface area contributed by atoms with Gasteiger partial charge in [-0.25, -0.2) is 14.4 Å². The van der Waals surface area contributed by atoms with Crippen molar-refractivity contribution < 1.29 is 39.2 Å². The number of nitrogens with zero attached hydrogens (tertiary/aromatic N) is 1. The van der Waals surface area contributed by atoms with Gasteiger partial charge in [0.2, 0.25) is 0 Å². The Bertz CT molecular complexity index is 1840. The summed E-state index contributed by atoms with van der Waals surface area (Å²) in [6.45, 7) is -0.0407. The van der Waals surface area contributed by atoms with Crippen LogP contribution in [0, 0.1) is 0 Å². The van der Waals surface area contributed by atoms with Crippen molar-refractivity contribution in [1.82, 2.24) is 0 Å². The Kier molecular flexibility index (Phi) is 7.65. The summed E-state index contributed by atoms with van der Waals surface area (Å²) in [6.07, 6.45) is 0. The van der Waals surface area contributed by atoms with Crippen molar-refractivity contribution >= 4 is 40.3 Å². The quantitative estimate of drug-likeness (QED) is 0.183. The van der Waals surface area contributed by atoms with E-state index in [2.05, 4.69) is 0 Å². The number of anilines is 1. The Morgan fingerprint density at radius 3 is 1.81 bits per heavy atom. The minimum Gasteiger partial charge on any atom is -0.478 e. The predicted molar refractivity (Wildman–Crippen MR) is 155 cm³/mol. The van der Waals surface area contributed by atoms with Crippen molar-refractivity contribution in [2.45, 2.75) is 6.54 Å². The van der Waals surface area contributed by atoms with E-state index in [1.165, 1.54) is 4.90 Å². The summed E-state index contributed by atoms with van der Waals surface area (Å²) in [4.78, 5) is 51.4. The van der Waals surface area contributed by atoms with E-state index in [1.54, 1.807) is 54.6 Å². The van der Waals surface area contributed by atoms with Crippen LogP contribution in [0.2, 0.25) is 0 Å². The van der Waals surface area contributed by atoms with Gasteiger partial charge in [0.25, 0.3) is 5.91 Å². The van der Waals surface area contributed by atoms with Crippen molar-refractivity contribution in [3.8, 4) is 11.5 Å². The first-order valence-electron chi connectivity index (χ1n) is 12.7. The minimum atomic E-state index is -1.63. The number of rotatable bonds is 9. The standard InChI is InChI=1S/C33H23NO8/c35-30(25-17-27(32(38)39)28(33(40)41)18-26(25)31(36)37)34(29-15-7-10-21-9-4-5-14-24(21)29)19-20-8-6-13-23(16-20)42-22-11-2-1-3-12-22/h1-18H,19H2,(H,36,37)(H,38,39)(H,40,41). The molecule has 0 unspecified atom stereocenters. The number of carbonyl (C=O) groups is 4. The van der Waals surface area contributed by atoms with Gasteiger partial charge in [0.05, 0.1) is 34.5 Å². The van der Waals surface area contributed by atoms with E-state index in [1.807, 2.05) is 42.5 Å². The van der Waals surface area contributed by atoms with Gasteiger partial charge in [-0.1, -0.05) is 66.7 Å². The SMILES string of the molecule is O=C(O)c1cc(C(=O)O)c(C(=O)N(Cc2cccc(Oc3ccccc3)c2)c2cccc3ccccc23)cc1C(=O)O. The van der Waals surface area contributed by atoms with Gasteiger partial charge in [0.1, 0.15) is 11.5 Å². The molecule has 0 spiro atoms. The zero-order chi connectivity index (χ0) is 29.8. The molecule has 208 valence electrons. The topological polar surface area (TPSA) is 141 Å². The Balaban J connectivity index is 1.65. The summed E-state index contributed by atoms with van der Waals surface area (Å²) in [7, 11) is 0. The van der Waals surface area contributed by atoms with Gasteiger partial charge < -0.3 is 25.0 Å². The normalized spacial score (nSPS) is 10.7. The average molecular weight is 562 g/mol. The van der Waals surface area contributed by atoms with E-state index in [0.717, 1.165) is 11.5 Å². The second kappa shape index (κ2) is 11.6. The van der Waals surface area contributed by atoms with Crippen LogP contribution >= 0.6 is 0 Å². The number of carboxylic acid groups (broad SMARTS) is 3. The summed E-state index contributed by atoms with van der Waals surface area (Å²) >= 11 is 0. The molecule has 9 heteroatoms. The lowest BCUT2D eigenvalue weighted by atomic mass is 9.96. The number of hydrogen-bond acceptors (Lipinski definition) is 5. The Morgan fingerprint density at radius 2 is 1.12 bits per heavy atom. The third-order valence-electron chi connectivity index (χ3n) is 6.60. The molecule has 3 N–H and O–H groups in total. The maximum absolute atomic E-state index is 14.2. The van der Waals surface area contributed by atoms with Crippen molar-refractivity contribution in [2.24, 2.45) is 0 Å². The lowest BCUT2D eigenvalue weighted by Gasteiger charge is -2.26. The van der Waals surface area contributed by atoms with Crippen LogP contribution in [0.15, 0.2) is 109 Å². The fraction of sp³-hybridized carbons (Fsp3) is 0.0303. The molecule has 5 rings (SSSR count). The van der Waals surface area contributed by atoms with Crippen LogP contribution in [0.25, 0.3) is 10.8 Å². The lowest BCUT2D eigenvalue weighted by Crippen LogP contribution is -2.32. The lowest BCUT2D eigenvalue weighted by molar-refractivity contribution is 0.0648. The smallest absolute Gasteiger partial charge is 0.336 e. The number of ether oxygens (including phenoxy) is 1. The third-order valence-corrected chi connectivity index (χ3v) is 6.60. The molecular formula is C33H23NO8. The van der Waals surface area contributed by atoms with Gasteiger partial charge >= 0.3 is 17.9 Å². The van der Waals surface area contributed by atoms with Crippen molar-refractivity contribution in [3.05, 3.63) is 137 Å². The second-order valence-corrected chi connectivity index (χ2v) is 9.31. The highest BCUT2D eigenvalue weighted by atomic mass is 16.5. The van der Waals surface area contributed by atoms with Crippen LogP contribution < -0.4 is 9.64 Å². The molecule has 5 aromatic rings. The third kappa shape index (κ3) is 5.66. The molecule has 0 heterocycles. The molecule has 0 aromatic heterocycles. The summed E-state index contributed by atoms with van der Waals surface area (Å²) in [5.41, 5.74) is -1.44. The van der Waals surface area contributed by atoms with Crippen molar-refractivity contribution in [1.29, 1.82) is 0 Å². The Hall–Kier alpha value is -5.96. The van der Waals surface area contributed by atoms with E-state index in [4.69, 9.17) is 4.74 Å². The van der Waals surface area contributed by atoms with Gasteiger partial charge in [-0.05, 0) is 53.4 Å². The Labute approximate surface area is 239 Å². The van der Waals surface area contributed by atoms with Crippen LogP contribution in [-0.4, -0.2) is 39.1 Å². The van der Waals surface area contributed by atoms with Crippen LogP contribution in [0.3, 0.4) is 0 Å². The van der Waals surface area contributed by atoms with Gasteiger partial charge in [0, 0.05) is 5.39 Å². The second-order valence-electron chi connectivity index (χ2n) is 9.31. The summed E-state index contributed by atoms with van der Waals surface area (Å²) in [5, 5.41) is 30.6. The minimum absolute atomic E-state index is 0.0407. The molecule has 9 nitrogen and oxygen atoms in total. The molecule has 42 heavy (non-hydrogen) atoms. The molecule has 0 aliphatic carbocycles. The van der Waals surface area contributed by atoms with Crippen molar-refractivity contribution in [3.63, 3.8) is 0 Å². The first-order valence-corrected chi connectivity index (χ1v) is 12.7. The highest BCUT2D eigenvalue weighted by molar-refractivity contribution is 6.16. The number of hydrogen-bond donors (Lipinski definition) is 3. The zero-order valence-corrected chi connectivity index (χ0v) is 21.9. The van der Waals surface area contributed by atoms with E-state index in [9.17, 15) is 34.5 Å². The number of amides is 1. The number of carbonyl (C=O) groups excluding carboxylic acids is 1. The van der Waals surface area contributed by atoms with Crippen LogP contribution in [-0.2, 0) is 6.54 Å². The number of para-hydroxylation sites is 1. The fourth-order valence-electron chi connectivity index (χ4n) is 4.68. The summed E-state index contributed by atoms with van der Waals surface area (Å²) in [5.74, 6) is -4.51. The molecule has 0 atom stereocenters. The summed E-state index contributed by atoms with van der Waals surface area (Å²) < 4.78 is 5.95. The summed E-state index contributed by atoms with van der Waals surface area (Å²) in [6, 6.07) is 30.3. The average Bonchev–Trinajstić information content (AvgIpc) is 2.99. The maximum Gasteiger partial charge on any atom is 0.336 e. The van der Waals surface area contributed by atoms with Gasteiger partial charge in [-0.3, -0.25) is 4.79 Å². The van der Waals surface area contributed by atoms with Crippen molar-refractivity contribution in [2.75, 3.05) is 4.90 Å². The number of fused-ring (bicyclic) bond motifs is 1. The first-order chi connectivity index (χ1) is 20.2. The molecule has 0 aliphatic heterocycles. The predicted octanol–water partition coefficient (Wildman–Crippen LogP) is 6.57. The van der Waals surface area contributed by atoms with E-state index in [-0.39, 0.29) is 6.54 Å².